The molecular weight excluding hydrogens is 267 g/mol. The number of aryl methyl sites for hydroxylation is 2. The van der Waals surface area contributed by atoms with Crippen molar-refractivity contribution in [3.05, 3.63) is 65.1 Å². The number of fused-ring (bicyclic) bond motifs is 1. The standard InChI is InChI=1S/C17H15FN2O/c1-10-7-11(19)8-13(16(10)18)17(21)14-9-20(2)15-6-4-3-5-12(14)15/h3-9H,19H2,1-2H3. The lowest BCUT2D eigenvalue weighted by Crippen LogP contribution is -2.06. The van der Waals surface area contributed by atoms with Gasteiger partial charge in [-0.2, -0.15) is 0 Å². The maximum Gasteiger partial charge on any atom is 0.198 e. The number of halogens is 1. The highest BCUT2D eigenvalue weighted by atomic mass is 19.1. The minimum atomic E-state index is -0.512. The molecule has 2 aromatic carbocycles. The minimum absolute atomic E-state index is 0.0175. The van der Waals surface area contributed by atoms with Crippen molar-refractivity contribution in [1.29, 1.82) is 0 Å². The molecule has 4 heteroatoms. The molecule has 0 atom stereocenters. The Morgan fingerprint density at radius 2 is 1.90 bits per heavy atom. The number of nitrogen functional groups attached to an aromatic ring is 1. The molecule has 0 bridgehead atoms. The zero-order valence-electron chi connectivity index (χ0n) is 11.9. The molecule has 0 spiro atoms. The van der Waals surface area contributed by atoms with Crippen LogP contribution < -0.4 is 5.73 Å². The summed E-state index contributed by atoms with van der Waals surface area (Å²) in [5.74, 6) is -0.859. The highest BCUT2D eigenvalue weighted by Crippen LogP contribution is 2.26. The molecule has 0 radical (unpaired) electrons. The SMILES string of the molecule is Cc1cc(N)cc(C(=O)c2cn(C)c3ccccc23)c1F. The molecule has 0 unspecified atom stereocenters. The molecule has 21 heavy (non-hydrogen) atoms. The van der Waals surface area contributed by atoms with Gasteiger partial charge in [-0.1, -0.05) is 18.2 Å². The normalized spacial score (nSPS) is 11.0. The smallest absolute Gasteiger partial charge is 0.198 e. The molecule has 106 valence electrons. The Balaban J connectivity index is 2.22. The average molecular weight is 282 g/mol. The summed E-state index contributed by atoms with van der Waals surface area (Å²) in [4.78, 5) is 12.7. The molecular formula is C17H15FN2O. The molecule has 3 nitrogen and oxygen atoms in total. The van der Waals surface area contributed by atoms with Crippen molar-refractivity contribution in [3.8, 4) is 0 Å². The van der Waals surface area contributed by atoms with E-state index in [0.29, 0.717) is 16.8 Å². The average Bonchev–Trinajstić information content (AvgIpc) is 2.80. The Bertz CT molecular complexity index is 865. The van der Waals surface area contributed by atoms with Gasteiger partial charge in [0.2, 0.25) is 0 Å². The lowest BCUT2D eigenvalue weighted by Gasteiger charge is -2.06. The van der Waals surface area contributed by atoms with E-state index in [1.807, 2.05) is 35.9 Å². The maximum atomic E-state index is 14.2. The van der Waals surface area contributed by atoms with Gasteiger partial charge >= 0.3 is 0 Å². The molecule has 3 aromatic rings. The molecule has 2 N–H and O–H groups in total. The first-order valence-electron chi connectivity index (χ1n) is 6.63. The second-order valence-electron chi connectivity index (χ2n) is 5.20. The lowest BCUT2D eigenvalue weighted by molar-refractivity contribution is 0.103. The van der Waals surface area contributed by atoms with Gasteiger partial charge < -0.3 is 10.3 Å². The molecule has 0 aliphatic heterocycles. The van der Waals surface area contributed by atoms with Crippen molar-refractivity contribution < 1.29 is 9.18 Å². The van der Waals surface area contributed by atoms with Gasteiger partial charge in [-0.25, -0.2) is 4.39 Å². The molecule has 0 aliphatic rings. The highest BCUT2D eigenvalue weighted by molar-refractivity contribution is 6.16. The fraction of sp³-hybridized carbons (Fsp3) is 0.118. The third kappa shape index (κ3) is 2.09. The number of hydrogen-bond acceptors (Lipinski definition) is 2. The number of rotatable bonds is 2. The summed E-state index contributed by atoms with van der Waals surface area (Å²) in [6.45, 7) is 1.60. The number of hydrogen-bond donors (Lipinski definition) is 1. The van der Waals surface area contributed by atoms with Crippen LogP contribution in [0.3, 0.4) is 0 Å². The third-order valence-corrected chi connectivity index (χ3v) is 3.66. The summed E-state index contributed by atoms with van der Waals surface area (Å²) >= 11 is 0. The third-order valence-electron chi connectivity index (χ3n) is 3.66. The Hall–Kier alpha value is -2.62. The first-order chi connectivity index (χ1) is 9.99. The second-order valence-corrected chi connectivity index (χ2v) is 5.20. The van der Waals surface area contributed by atoms with Gasteiger partial charge in [0.25, 0.3) is 0 Å². The van der Waals surface area contributed by atoms with Gasteiger partial charge in [-0.3, -0.25) is 4.79 Å². The van der Waals surface area contributed by atoms with Gasteiger partial charge in [0, 0.05) is 35.4 Å². The van der Waals surface area contributed by atoms with Gasteiger partial charge in [0.1, 0.15) is 5.82 Å². The number of benzene rings is 2. The Morgan fingerprint density at radius 3 is 2.67 bits per heavy atom. The van der Waals surface area contributed by atoms with E-state index >= 15 is 0 Å². The predicted octanol–water partition coefficient (Wildman–Crippen LogP) is 3.44. The predicted molar refractivity (Wildman–Crippen MR) is 81.9 cm³/mol. The summed E-state index contributed by atoms with van der Waals surface area (Å²) in [6, 6.07) is 10.5. The molecule has 0 fully saturated rings. The number of nitrogens with two attached hydrogens (primary N) is 1. The van der Waals surface area contributed by atoms with Gasteiger partial charge in [0.05, 0.1) is 5.56 Å². The molecule has 1 aromatic heterocycles. The van der Waals surface area contributed by atoms with Crippen molar-refractivity contribution in [1.82, 2.24) is 4.57 Å². The number of anilines is 1. The van der Waals surface area contributed by atoms with Crippen LogP contribution in [0.4, 0.5) is 10.1 Å². The zero-order valence-corrected chi connectivity index (χ0v) is 11.9. The largest absolute Gasteiger partial charge is 0.399 e. The number of carbonyl (C=O) groups excluding carboxylic acids is 1. The maximum absolute atomic E-state index is 14.2. The number of carbonyl (C=O) groups is 1. The van der Waals surface area contributed by atoms with E-state index in [1.54, 1.807) is 13.1 Å². The second kappa shape index (κ2) is 4.74. The summed E-state index contributed by atoms with van der Waals surface area (Å²) in [6.07, 6.45) is 1.73. The van der Waals surface area contributed by atoms with Crippen molar-refractivity contribution >= 4 is 22.4 Å². The van der Waals surface area contributed by atoms with Crippen LogP contribution in [-0.4, -0.2) is 10.4 Å². The summed E-state index contributed by atoms with van der Waals surface area (Å²) < 4.78 is 16.1. The van der Waals surface area contributed by atoms with Gasteiger partial charge in [0.15, 0.2) is 5.78 Å². The van der Waals surface area contributed by atoms with Crippen LogP contribution in [0.15, 0.2) is 42.6 Å². The van der Waals surface area contributed by atoms with Gasteiger partial charge in [-0.15, -0.1) is 0 Å². The first-order valence-corrected chi connectivity index (χ1v) is 6.63. The Morgan fingerprint density at radius 1 is 1.19 bits per heavy atom. The van der Waals surface area contributed by atoms with E-state index in [1.165, 1.54) is 12.1 Å². The Kier molecular flexibility index (Phi) is 3.01. The van der Waals surface area contributed by atoms with Crippen LogP contribution in [0.1, 0.15) is 21.5 Å². The molecule has 1 heterocycles. The fourth-order valence-corrected chi connectivity index (χ4v) is 2.63. The summed E-state index contributed by atoms with van der Waals surface area (Å²) in [5.41, 5.74) is 7.93. The van der Waals surface area contributed by atoms with Crippen molar-refractivity contribution in [2.75, 3.05) is 5.73 Å². The zero-order chi connectivity index (χ0) is 15.1. The molecule has 0 saturated carbocycles. The van der Waals surface area contributed by atoms with Crippen LogP contribution in [-0.2, 0) is 7.05 Å². The highest BCUT2D eigenvalue weighted by Gasteiger charge is 2.20. The monoisotopic (exact) mass is 282 g/mol. The van der Waals surface area contributed by atoms with E-state index < -0.39 is 5.82 Å². The number of aromatic nitrogens is 1. The number of para-hydroxylation sites is 1. The van der Waals surface area contributed by atoms with Crippen LogP contribution in [0, 0.1) is 12.7 Å². The van der Waals surface area contributed by atoms with E-state index in [2.05, 4.69) is 0 Å². The molecule has 0 aliphatic carbocycles. The quantitative estimate of drug-likeness (QED) is 0.578. The number of ketones is 1. The van der Waals surface area contributed by atoms with Crippen LogP contribution in [0.5, 0.6) is 0 Å². The van der Waals surface area contributed by atoms with E-state index in [0.717, 1.165) is 10.9 Å². The van der Waals surface area contributed by atoms with Crippen LogP contribution >= 0.6 is 0 Å². The van der Waals surface area contributed by atoms with E-state index in [-0.39, 0.29) is 11.3 Å². The fourth-order valence-electron chi connectivity index (χ4n) is 2.63. The number of nitrogens with zero attached hydrogens (tertiary/aromatic N) is 1. The topological polar surface area (TPSA) is 48.0 Å². The molecule has 3 rings (SSSR count). The molecule has 0 amide bonds. The molecule has 0 saturated heterocycles. The van der Waals surface area contributed by atoms with Gasteiger partial charge in [-0.05, 0) is 30.7 Å². The van der Waals surface area contributed by atoms with E-state index in [9.17, 15) is 9.18 Å². The van der Waals surface area contributed by atoms with E-state index in [4.69, 9.17) is 5.73 Å². The van der Waals surface area contributed by atoms with Crippen molar-refractivity contribution in [2.45, 2.75) is 6.92 Å². The summed E-state index contributed by atoms with van der Waals surface area (Å²) in [7, 11) is 1.86. The minimum Gasteiger partial charge on any atom is -0.399 e. The van der Waals surface area contributed by atoms with Crippen LogP contribution in [0.25, 0.3) is 10.9 Å². The van der Waals surface area contributed by atoms with Crippen LogP contribution in [0.2, 0.25) is 0 Å². The first kappa shape index (κ1) is 13.4. The van der Waals surface area contributed by atoms with Crippen molar-refractivity contribution in [3.63, 3.8) is 0 Å². The summed E-state index contributed by atoms with van der Waals surface area (Å²) in [5, 5.41) is 0.810. The lowest BCUT2D eigenvalue weighted by atomic mass is 9.99. The Labute approximate surface area is 121 Å². The van der Waals surface area contributed by atoms with Crippen molar-refractivity contribution in [2.24, 2.45) is 7.05 Å².